The van der Waals surface area contributed by atoms with Crippen LogP contribution in [0.4, 0.5) is 10.1 Å². The topological polar surface area (TPSA) is 70.9 Å². The van der Waals surface area contributed by atoms with Gasteiger partial charge in [-0.15, -0.1) is 0 Å². The van der Waals surface area contributed by atoms with Crippen LogP contribution in [0.25, 0.3) is 22.0 Å². The van der Waals surface area contributed by atoms with Gasteiger partial charge in [-0.05, 0) is 55.0 Å². The zero-order chi connectivity index (χ0) is 18.6. The number of fused-ring (bicyclic) bond motifs is 2. The Morgan fingerprint density at radius 1 is 1.31 bits per heavy atom. The average Bonchev–Trinajstić information content (AvgIpc) is 2.89. The van der Waals surface area contributed by atoms with Crippen molar-refractivity contribution in [3.8, 4) is 11.1 Å². The second-order valence-corrected chi connectivity index (χ2v) is 7.15. The van der Waals surface area contributed by atoms with Crippen molar-refractivity contribution in [3.63, 3.8) is 0 Å². The number of nitrogens with one attached hydrogen (secondary N) is 2. The van der Waals surface area contributed by atoms with Crippen molar-refractivity contribution in [2.24, 2.45) is 5.73 Å². The van der Waals surface area contributed by atoms with Crippen molar-refractivity contribution in [1.82, 2.24) is 4.98 Å². The number of primary amides is 1. The summed E-state index contributed by atoms with van der Waals surface area (Å²) in [6.07, 6.45) is 0.999. The van der Waals surface area contributed by atoms with Crippen LogP contribution >= 0.6 is 0 Å². The number of carbonyl (C=O) groups excluding carboxylic acids is 1. The smallest absolute Gasteiger partial charge is 0.250 e. The standard InChI is InChI=1S/C21H22FN3O/c1-10-7-8-24-16-6-4-5-13(17(10)16)19-15(22)9-14(21(23)26)20-18(19)11(2)12(3)25-20/h4-6,9-10,24-25H,7-8H2,1-3H3,(H2,23,26). The van der Waals surface area contributed by atoms with Gasteiger partial charge in [-0.1, -0.05) is 19.1 Å². The molecule has 0 aliphatic carbocycles. The number of aromatic amines is 1. The molecule has 5 heteroatoms. The first-order chi connectivity index (χ1) is 12.4. The number of halogens is 1. The van der Waals surface area contributed by atoms with E-state index < -0.39 is 11.7 Å². The van der Waals surface area contributed by atoms with Gasteiger partial charge in [0.2, 0.25) is 0 Å². The van der Waals surface area contributed by atoms with Crippen LogP contribution in [-0.2, 0) is 0 Å². The fourth-order valence-electron chi connectivity index (χ4n) is 4.12. The van der Waals surface area contributed by atoms with Crippen LogP contribution in [0.2, 0.25) is 0 Å². The van der Waals surface area contributed by atoms with Crippen molar-refractivity contribution in [3.05, 3.63) is 52.5 Å². The number of amides is 1. The van der Waals surface area contributed by atoms with Crippen LogP contribution in [0.15, 0.2) is 24.3 Å². The maximum atomic E-state index is 15.3. The molecule has 4 nitrogen and oxygen atoms in total. The maximum Gasteiger partial charge on any atom is 0.250 e. The molecule has 4 rings (SSSR count). The largest absolute Gasteiger partial charge is 0.385 e. The van der Waals surface area contributed by atoms with Crippen molar-refractivity contribution in [2.45, 2.75) is 33.1 Å². The molecule has 1 unspecified atom stereocenters. The van der Waals surface area contributed by atoms with Crippen molar-refractivity contribution in [1.29, 1.82) is 0 Å². The number of anilines is 1. The van der Waals surface area contributed by atoms with Crippen LogP contribution in [0, 0.1) is 19.7 Å². The van der Waals surface area contributed by atoms with E-state index in [4.69, 9.17) is 5.73 Å². The first-order valence-electron chi connectivity index (χ1n) is 8.88. The Hall–Kier alpha value is -2.82. The number of aromatic nitrogens is 1. The molecular weight excluding hydrogens is 329 g/mol. The Bertz CT molecular complexity index is 1050. The summed E-state index contributed by atoms with van der Waals surface area (Å²) >= 11 is 0. The lowest BCUT2D eigenvalue weighted by Gasteiger charge is -2.27. The predicted molar refractivity (Wildman–Crippen MR) is 103 cm³/mol. The lowest BCUT2D eigenvalue weighted by atomic mass is 9.84. The number of hydrogen-bond acceptors (Lipinski definition) is 2. The third-order valence-electron chi connectivity index (χ3n) is 5.56. The zero-order valence-electron chi connectivity index (χ0n) is 15.2. The molecule has 0 radical (unpaired) electrons. The summed E-state index contributed by atoms with van der Waals surface area (Å²) in [5.74, 6) is -0.723. The van der Waals surface area contributed by atoms with Gasteiger partial charge in [0.15, 0.2) is 0 Å². The van der Waals surface area contributed by atoms with Gasteiger partial charge < -0.3 is 16.0 Å². The van der Waals surface area contributed by atoms with Crippen LogP contribution in [0.5, 0.6) is 0 Å². The minimum Gasteiger partial charge on any atom is -0.385 e. The van der Waals surface area contributed by atoms with Gasteiger partial charge >= 0.3 is 0 Å². The monoisotopic (exact) mass is 351 g/mol. The summed E-state index contributed by atoms with van der Waals surface area (Å²) in [5, 5.41) is 4.15. The highest BCUT2D eigenvalue weighted by molar-refractivity contribution is 6.11. The molecule has 0 fully saturated rings. The molecule has 134 valence electrons. The summed E-state index contributed by atoms with van der Waals surface area (Å²) in [5.41, 5.74) is 11.7. The van der Waals surface area contributed by atoms with Crippen molar-refractivity contribution < 1.29 is 9.18 Å². The minimum absolute atomic E-state index is 0.188. The van der Waals surface area contributed by atoms with E-state index in [-0.39, 0.29) is 5.56 Å². The summed E-state index contributed by atoms with van der Waals surface area (Å²) in [4.78, 5) is 15.1. The van der Waals surface area contributed by atoms with E-state index in [0.717, 1.165) is 46.4 Å². The number of benzene rings is 2. The number of H-pyrrole nitrogens is 1. The van der Waals surface area contributed by atoms with E-state index in [1.165, 1.54) is 6.07 Å². The Kier molecular flexibility index (Phi) is 3.75. The second-order valence-electron chi connectivity index (χ2n) is 7.15. The van der Waals surface area contributed by atoms with Gasteiger partial charge in [0.1, 0.15) is 5.82 Å². The highest BCUT2D eigenvalue weighted by Gasteiger charge is 2.26. The van der Waals surface area contributed by atoms with Crippen LogP contribution in [-0.4, -0.2) is 17.4 Å². The molecule has 1 aromatic heterocycles. The summed E-state index contributed by atoms with van der Waals surface area (Å²) in [6.45, 7) is 6.95. The van der Waals surface area contributed by atoms with Crippen molar-refractivity contribution >= 4 is 22.5 Å². The number of nitrogens with two attached hydrogens (primary N) is 1. The quantitative estimate of drug-likeness (QED) is 0.631. The molecule has 26 heavy (non-hydrogen) atoms. The first kappa shape index (κ1) is 16.6. The average molecular weight is 351 g/mol. The number of carbonyl (C=O) groups is 1. The van der Waals surface area contributed by atoms with Gasteiger partial charge in [-0.25, -0.2) is 4.39 Å². The molecule has 0 saturated heterocycles. The summed E-state index contributed by atoms with van der Waals surface area (Å²) in [6, 6.07) is 7.21. The second kappa shape index (κ2) is 5.87. The van der Waals surface area contributed by atoms with Gasteiger partial charge in [0.05, 0.1) is 11.1 Å². The molecule has 2 aromatic carbocycles. The van der Waals surface area contributed by atoms with E-state index in [0.29, 0.717) is 17.0 Å². The van der Waals surface area contributed by atoms with Crippen LogP contribution < -0.4 is 11.1 Å². The summed E-state index contributed by atoms with van der Waals surface area (Å²) in [7, 11) is 0. The molecule has 1 aliphatic heterocycles. The molecule has 4 N–H and O–H groups in total. The third kappa shape index (κ3) is 2.30. The Balaban J connectivity index is 2.13. The van der Waals surface area contributed by atoms with Crippen LogP contribution in [0.3, 0.4) is 0 Å². The molecule has 0 saturated carbocycles. The third-order valence-corrected chi connectivity index (χ3v) is 5.56. The molecule has 0 bridgehead atoms. The van der Waals surface area contributed by atoms with E-state index in [9.17, 15) is 4.79 Å². The zero-order valence-corrected chi connectivity index (χ0v) is 15.2. The van der Waals surface area contributed by atoms with E-state index in [1.54, 1.807) is 0 Å². The van der Waals surface area contributed by atoms with Crippen molar-refractivity contribution in [2.75, 3.05) is 11.9 Å². The lowest BCUT2D eigenvalue weighted by Crippen LogP contribution is -2.16. The molecule has 3 aromatic rings. The first-order valence-corrected chi connectivity index (χ1v) is 8.88. The summed E-state index contributed by atoms with van der Waals surface area (Å²) < 4.78 is 15.3. The molecule has 1 atom stereocenters. The number of hydrogen-bond donors (Lipinski definition) is 3. The van der Waals surface area contributed by atoms with Crippen LogP contribution in [0.1, 0.15) is 46.4 Å². The van der Waals surface area contributed by atoms with E-state index >= 15 is 4.39 Å². The fourth-order valence-corrected chi connectivity index (χ4v) is 4.12. The van der Waals surface area contributed by atoms with E-state index in [1.807, 2.05) is 32.0 Å². The van der Waals surface area contributed by atoms with E-state index in [2.05, 4.69) is 17.2 Å². The predicted octanol–water partition coefficient (Wildman–Crippen LogP) is 4.61. The molecule has 1 amide bonds. The molecule has 1 aliphatic rings. The van der Waals surface area contributed by atoms with Gasteiger partial charge in [0.25, 0.3) is 5.91 Å². The van der Waals surface area contributed by atoms with Gasteiger partial charge in [-0.2, -0.15) is 0 Å². The Morgan fingerprint density at radius 3 is 2.81 bits per heavy atom. The Morgan fingerprint density at radius 2 is 2.08 bits per heavy atom. The SMILES string of the molecule is Cc1[nH]c2c(C(N)=O)cc(F)c(-c3cccc4c3C(C)CCN4)c2c1C. The number of aryl methyl sites for hydroxylation is 2. The fraction of sp³-hybridized carbons (Fsp3) is 0.286. The molecular formula is C21H22FN3O. The molecule has 0 spiro atoms. The molecule has 2 heterocycles. The highest BCUT2D eigenvalue weighted by atomic mass is 19.1. The maximum absolute atomic E-state index is 15.3. The Labute approximate surface area is 151 Å². The lowest BCUT2D eigenvalue weighted by molar-refractivity contribution is 0.100. The van der Waals surface area contributed by atoms with Gasteiger partial charge in [-0.3, -0.25) is 4.79 Å². The normalized spacial score (nSPS) is 16.4. The van der Waals surface area contributed by atoms with Gasteiger partial charge in [0, 0.05) is 28.9 Å². The highest BCUT2D eigenvalue weighted by Crippen LogP contribution is 2.44. The minimum atomic E-state index is -0.633. The number of rotatable bonds is 2.